The van der Waals surface area contributed by atoms with Gasteiger partial charge in [0.2, 0.25) is 0 Å². The third-order valence-electron chi connectivity index (χ3n) is 6.41. The highest BCUT2D eigenvalue weighted by atomic mass is 16.5. The normalized spacial score (nSPS) is 58.5. The molecule has 0 aromatic carbocycles. The van der Waals surface area contributed by atoms with E-state index in [4.69, 9.17) is 4.74 Å². The number of hydrogen-bond acceptors (Lipinski definition) is 2. The molecule has 4 aliphatic rings. The summed E-state index contributed by atoms with van der Waals surface area (Å²) in [6, 6.07) is 0. The highest BCUT2D eigenvalue weighted by molar-refractivity contribution is 5.66. The molecule has 0 saturated heterocycles. The second-order valence-electron chi connectivity index (χ2n) is 7.07. The van der Waals surface area contributed by atoms with Gasteiger partial charge >= 0.3 is 5.97 Å². The van der Waals surface area contributed by atoms with Crippen molar-refractivity contribution >= 4 is 5.97 Å². The number of carbonyl (C=O) groups is 1. The SMILES string of the molecule is CC(=O)OC1CC2CC1C1C3CC(C)C(C3)C21. The van der Waals surface area contributed by atoms with Gasteiger partial charge in [-0.05, 0) is 67.1 Å². The van der Waals surface area contributed by atoms with Gasteiger partial charge in [0, 0.05) is 6.92 Å². The predicted octanol–water partition coefficient (Wildman–Crippen LogP) is 2.87. The number of rotatable bonds is 1. The van der Waals surface area contributed by atoms with E-state index in [0.29, 0.717) is 0 Å². The summed E-state index contributed by atoms with van der Waals surface area (Å²) in [6.45, 7) is 4.02. The van der Waals surface area contributed by atoms with Gasteiger partial charge in [0.15, 0.2) is 0 Å². The van der Waals surface area contributed by atoms with Gasteiger partial charge in [0.1, 0.15) is 6.10 Å². The molecule has 0 amide bonds. The van der Waals surface area contributed by atoms with Crippen molar-refractivity contribution in [2.45, 2.75) is 45.6 Å². The number of hydrogen-bond donors (Lipinski definition) is 0. The Bertz CT molecular complexity index is 364. The smallest absolute Gasteiger partial charge is 0.302 e. The lowest BCUT2D eigenvalue weighted by Crippen LogP contribution is -2.38. The Balaban J connectivity index is 1.58. The van der Waals surface area contributed by atoms with Crippen molar-refractivity contribution in [3.05, 3.63) is 0 Å². The fourth-order valence-electron chi connectivity index (χ4n) is 6.22. The lowest BCUT2D eigenvalue weighted by atomic mass is 9.67. The molecule has 0 heterocycles. The van der Waals surface area contributed by atoms with Crippen molar-refractivity contribution < 1.29 is 9.53 Å². The van der Waals surface area contributed by atoms with Crippen LogP contribution in [0.15, 0.2) is 0 Å². The summed E-state index contributed by atoms with van der Waals surface area (Å²) in [5, 5.41) is 0. The molecule has 4 bridgehead atoms. The average molecular weight is 234 g/mol. The van der Waals surface area contributed by atoms with Gasteiger partial charge in [0.25, 0.3) is 0 Å². The predicted molar refractivity (Wildman–Crippen MR) is 64.1 cm³/mol. The molecule has 17 heavy (non-hydrogen) atoms. The Morgan fingerprint density at radius 1 is 1.00 bits per heavy atom. The van der Waals surface area contributed by atoms with E-state index in [1.807, 2.05) is 0 Å². The van der Waals surface area contributed by atoms with Crippen LogP contribution in [0.1, 0.15) is 39.5 Å². The first-order chi connectivity index (χ1) is 8.15. The van der Waals surface area contributed by atoms with E-state index in [1.165, 1.54) is 25.7 Å². The molecule has 2 heteroatoms. The first-order valence-electron chi connectivity index (χ1n) is 7.32. The fourth-order valence-corrected chi connectivity index (χ4v) is 6.22. The van der Waals surface area contributed by atoms with E-state index < -0.39 is 0 Å². The summed E-state index contributed by atoms with van der Waals surface area (Å²) in [5.41, 5.74) is 0. The van der Waals surface area contributed by atoms with Crippen LogP contribution in [0, 0.1) is 41.4 Å². The highest BCUT2D eigenvalue weighted by Gasteiger charge is 2.64. The monoisotopic (exact) mass is 234 g/mol. The Hall–Kier alpha value is -0.530. The minimum atomic E-state index is -0.0735. The summed E-state index contributed by atoms with van der Waals surface area (Å²) in [7, 11) is 0. The molecule has 4 saturated carbocycles. The van der Waals surface area contributed by atoms with Crippen molar-refractivity contribution in [3.63, 3.8) is 0 Å². The molecule has 0 aromatic heterocycles. The minimum Gasteiger partial charge on any atom is -0.462 e. The maximum absolute atomic E-state index is 11.2. The van der Waals surface area contributed by atoms with Crippen molar-refractivity contribution in [1.82, 2.24) is 0 Å². The third kappa shape index (κ3) is 1.25. The standard InChI is InChI=1S/C15H22O2/c1-7-3-9-4-11(7)14-10-5-12(15(9)14)13(6-10)17-8(2)16/h7,9-15H,3-6H2,1-2H3. The molecule has 0 aliphatic heterocycles. The molecule has 2 nitrogen and oxygen atoms in total. The van der Waals surface area contributed by atoms with Crippen LogP contribution in [-0.4, -0.2) is 12.1 Å². The molecule has 8 atom stereocenters. The molecule has 4 rings (SSSR count). The lowest BCUT2D eigenvalue weighted by molar-refractivity contribution is -0.151. The summed E-state index contributed by atoms with van der Waals surface area (Å²) < 4.78 is 5.55. The van der Waals surface area contributed by atoms with Crippen LogP contribution in [0.5, 0.6) is 0 Å². The van der Waals surface area contributed by atoms with Crippen LogP contribution in [0.4, 0.5) is 0 Å². The van der Waals surface area contributed by atoms with Crippen molar-refractivity contribution in [2.75, 3.05) is 0 Å². The maximum Gasteiger partial charge on any atom is 0.302 e. The topological polar surface area (TPSA) is 26.3 Å². The molecule has 0 spiro atoms. The van der Waals surface area contributed by atoms with Crippen molar-refractivity contribution in [1.29, 1.82) is 0 Å². The molecular formula is C15H22O2. The summed E-state index contributed by atoms with van der Waals surface area (Å²) >= 11 is 0. The zero-order valence-corrected chi connectivity index (χ0v) is 10.8. The van der Waals surface area contributed by atoms with Gasteiger partial charge in [-0.2, -0.15) is 0 Å². The van der Waals surface area contributed by atoms with Gasteiger partial charge in [0.05, 0.1) is 0 Å². The number of carbonyl (C=O) groups excluding carboxylic acids is 1. The van der Waals surface area contributed by atoms with Gasteiger partial charge in [-0.15, -0.1) is 0 Å². The van der Waals surface area contributed by atoms with Crippen LogP contribution in [0.2, 0.25) is 0 Å². The van der Waals surface area contributed by atoms with Crippen LogP contribution in [-0.2, 0) is 9.53 Å². The highest BCUT2D eigenvalue weighted by Crippen LogP contribution is 2.69. The van der Waals surface area contributed by atoms with Crippen molar-refractivity contribution in [2.24, 2.45) is 41.4 Å². The Labute approximate surface area is 103 Å². The number of esters is 1. The molecular weight excluding hydrogens is 212 g/mol. The van der Waals surface area contributed by atoms with Crippen LogP contribution < -0.4 is 0 Å². The summed E-state index contributed by atoms with van der Waals surface area (Å²) in [6.07, 6.45) is 5.72. The minimum absolute atomic E-state index is 0.0735. The van der Waals surface area contributed by atoms with Crippen LogP contribution >= 0.6 is 0 Å². The van der Waals surface area contributed by atoms with E-state index >= 15 is 0 Å². The number of fused-ring (bicyclic) bond motifs is 9. The molecule has 8 unspecified atom stereocenters. The second-order valence-corrected chi connectivity index (χ2v) is 7.07. The second kappa shape index (κ2) is 3.27. The van der Waals surface area contributed by atoms with Crippen molar-refractivity contribution in [3.8, 4) is 0 Å². The average Bonchev–Trinajstić information content (AvgIpc) is 2.91. The van der Waals surface area contributed by atoms with Crippen LogP contribution in [0.3, 0.4) is 0 Å². The van der Waals surface area contributed by atoms with Gasteiger partial charge in [-0.3, -0.25) is 4.79 Å². The van der Waals surface area contributed by atoms with E-state index in [9.17, 15) is 4.79 Å². The Morgan fingerprint density at radius 2 is 1.65 bits per heavy atom. The Morgan fingerprint density at radius 3 is 2.41 bits per heavy atom. The lowest BCUT2D eigenvalue weighted by Gasteiger charge is -2.40. The first kappa shape index (κ1) is 10.4. The quantitative estimate of drug-likeness (QED) is 0.515. The largest absolute Gasteiger partial charge is 0.462 e. The van der Waals surface area contributed by atoms with Crippen LogP contribution in [0.25, 0.3) is 0 Å². The van der Waals surface area contributed by atoms with E-state index in [1.54, 1.807) is 6.92 Å². The van der Waals surface area contributed by atoms with E-state index in [2.05, 4.69) is 6.92 Å². The zero-order valence-electron chi connectivity index (χ0n) is 10.8. The molecule has 4 aliphatic carbocycles. The fraction of sp³-hybridized carbons (Fsp3) is 0.933. The molecule has 0 aromatic rings. The first-order valence-corrected chi connectivity index (χ1v) is 7.32. The third-order valence-corrected chi connectivity index (χ3v) is 6.41. The van der Waals surface area contributed by atoms with E-state index in [0.717, 1.165) is 41.4 Å². The van der Waals surface area contributed by atoms with Gasteiger partial charge in [-0.1, -0.05) is 6.92 Å². The molecule has 0 radical (unpaired) electrons. The summed E-state index contributed by atoms with van der Waals surface area (Å²) in [4.78, 5) is 11.2. The van der Waals surface area contributed by atoms with Gasteiger partial charge < -0.3 is 4.74 Å². The number of ether oxygens (including phenoxy) is 1. The zero-order chi connectivity index (χ0) is 11.7. The van der Waals surface area contributed by atoms with E-state index in [-0.39, 0.29) is 12.1 Å². The maximum atomic E-state index is 11.2. The molecule has 94 valence electrons. The molecule has 4 fully saturated rings. The molecule has 0 N–H and O–H groups in total. The Kier molecular flexibility index (Phi) is 2.00. The van der Waals surface area contributed by atoms with Gasteiger partial charge in [-0.25, -0.2) is 0 Å². The summed E-state index contributed by atoms with van der Waals surface area (Å²) in [5.74, 6) is 6.39.